The average molecular weight is 239 g/mol. The van der Waals surface area contributed by atoms with Crippen LogP contribution in [0.1, 0.15) is 26.2 Å². The first-order valence-electron chi connectivity index (χ1n) is 6.81. The molecule has 2 aliphatic rings. The highest BCUT2D eigenvalue weighted by Gasteiger charge is 2.32. The van der Waals surface area contributed by atoms with Crippen molar-refractivity contribution in [2.45, 2.75) is 32.2 Å². The van der Waals surface area contributed by atoms with E-state index in [-0.39, 0.29) is 12.0 Å². The van der Waals surface area contributed by atoms with Crippen LogP contribution >= 0.6 is 0 Å². The van der Waals surface area contributed by atoms with Crippen molar-refractivity contribution in [3.05, 3.63) is 0 Å². The first-order chi connectivity index (χ1) is 8.08. The summed E-state index contributed by atoms with van der Waals surface area (Å²) in [6, 6.07) is 0.268. The summed E-state index contributed by atoms with van der Waals surface area (Å²) in [6.07, 6.45) is 3.18. The summed E-state index contributed by atoms with van der Waals surface area (Å²) in [5, 5.41) is 0. The molecule has 2 fully saturated rings. The third-order valence-corrected chi connectivity index (χ3v) is 4.34. The predicted octanol–water partition coefficient (Wildman–Crippen LogP) is 0.524. The highest BCUT2D eigenvalue weighted by molar-refractivity contribution is 5.79. The summed E-state index contributed by atoms with van der Waals surface area (Å²) >= 11 is 0. The molecule has 0 aromatic heterocycles. The molecule has 0 aliphatic carbocycles. The molecule has 1 amide bonds. The van der Waals surface area contributed by atoms with E-state index in [0.29, 0.717) is 11.8 Å². The van der Waals surface area contributed by atoms with Gasteiger partial charge in [0, 0.05) is 25.7 Å². The van der Waals surface area contributed by atoms with Crippen molar-refractivity contribution in [3.63, 3.8) is 0 Å². The number of amides is 1. The second-order valence-electron chi connectivity index (χ2n) is 5.77. The van der Waals surface area contributed by atoms with Crippen LogP contribution in [-0.2, 0) is 4.79 Å². The van der Waals surface area contributed by atoms with Crippen molar-refractivity contribution in [1.82, 2.24) is 9.80 Å². The van der Waals surface area contributed by atoms with Gasteiger partial charge in [-0.2, -0.15) is 0 Å². The predicted molar refractivity (Wildman–Crippen MR) is 68.6 cm³/mol. The molecule has 98 valence electrons. The Morgan fingerprint density at radius 3 is 2.35 bits per heavy atom. The van der Waals surface area contributed by atoms with E-state index in [4.69, 9.17) is 5.73 Å². The molecule has 0 bridgehead atoms. The smallest absolute Gasteiger partial charge is 0.227 e. The summed E-state index contributed by atoms with van der Waals surface area (Å²) in [4.78, 5) is 16.6. The fraction of sp³-hybridized carbons (Fsp3) is 0.923. The van der Waals surface area contributed by atoms with Crippen LogP contribution in [0.15, 0.2) is 0 Å². The standard InChI is InChI=1S/C13H25N3O/c1-10(14)11-4-7-16(8-5-11)13(17)12-3-6-15(2)9-12/h10-12H,3-9,14H2,1-2H3. The lowest BCUT2D eigenvalue weighted by atomic mass is 9.90. The van der Waals surface area contributed by atoms with E-state index in [9.17, 15) is 4.79 Å². The molecule has 0 aromatic rings. The number of nitrogens with two attached hydrogens (primary N) is 1. The second kappa shape index (κ2) is 5.36. The molecule has 2 heterocycles. The van der Waals surface area contributed by atoms with Gasteiger partial charge in [0.1, 0.15) is 0 Å². The lowest BCUT2D eigenvalue weighted by Crippen LogP contribution is -2.45. The molecule has 2 atom stereocenters. The van der Waals surface area contributed by atoms with Gasteiger partial charge in [-0.3, -0.25) is 4.79 Å². The van der Waals surface area contributed by atoms with Crippen LogP contribution in [0.25, 0.3) is 0 Å². The van der Waals surface area contributed by atoms with Gasteiger partial charge in [-0.15, -0.1) is 0 Å². The number of carbonyl (C=O) groups is 1. The largest absolute Gasteiger partial charge is 0.342 e. The van der Waals surface area contributed by atoms with Gasteiger partial charge in [0.15, 0.2) is 0 Å². The molecule has 2 saturated heterocycles. The lowest BCUT2D eigenvalue weighted by molar-refractivity contribution is -0.136. The fourth-order valence-electron chi connectivity index (χ4n) is 3.04. The Morgan fingerprint density at radius 2 is 1.88 bits per heavy atom. The molecule has 2 N–H and O–H groups in total. The Labute approximate surface area is 104 Å². The summed E-state index contributed by atoms with van der Waals surface area (Å²) in [6.45, 7) is 5.89. The van der Waals surface area contributed by atoms with E-state index < -0.39 is 0 Å². The maximum atomic E-state index is 12.3. The third-order valence-electron chi connectivity index (χ3n) is 4.34. The fourth-order valence-corrected chi connectivity index (χ4v) is 3.04. The maximum absolute atomic E-state index is 12.3. The van der Waals surface area contributed by atoms with Crippen LogP contribution in [-0.4, -0.2) is 55.0 Å². The molecular formula is C13H25N3O. The molecular weight excluding hydrogens is 214 g/mol. The number of likely N-dealkylation sites (tertiary alicyclic amines) is 2. The van der Waals surface area contributed by atoms with E-state index in [2.05, 4.69) is 23.8 Å². The number of nitrogens with zero attached hydrogens (tertiary/aromatic N) is 2. The molecule has 0 spiro atoms. The van der Waals surface area contributed by atoms with Crippen LogP contribution in [0.4, 0.5) is 0 Å². The van der Waals surface area contributed by atoms with Crippen molar-refractivity contribution in [2.75, 3.05) is 33.2 Å². The number of hydrogen-bond donors (Lipinski definition) is 1. The SMILES string of the molecule is CC(N)C1CCN(C(=O)C2CCN(C)C2)CC1. The summed E-state index contributed by atoms with van der Waals surface area (Å²) < 4.78 is 0. The van der Waals surface area contributed by atoms with E-state index in [1.807, 2.05) is 0 Å². The van der Waals surface area contributed by atoms with Gasteiger partial charge >= 0.3 is 0 Å². The van der Waals surface area contributed by atoms with Crippen LogP contribution in [0.5, 0.6) is 0 Å². The Kier molecular flexibility index (Phi) is 4.05. The summed E-state index contributed by atoms with van der Waals surface area (Å²) in [5.74, 6) is 1.22. The molecule has 2 aliphatic heterocycles. The first-order valence-corrected chi connectivity index (χ1v) is 6.81. The van der Waals surface area contributed by atoms with Crippen molar-refractivity contribution in [1.29, 1.82) is 0 Å². The van der Waals surface area contributed by atoms with Crippen molar-refractivity contribution < 1.29 is 4.79 Å². The molecule has 4 heteroatoms. The van der Waals surface area contributed by atoms with Gasteiger partial charge in [-0.05, 0) is 45.7 Å². The van der Waals surface area contributed by atoms with E-state index in [1.165, 1.54) is 0 Å². The van der Waals surface area contributed by atoms with Crippen LogP contribution < -0.4 is 5.73 Å². The molecule has 2 unspecified atom stereocenters. The summed E-state index contributed by atoms with van der Waals surface area (Å²) in [5.41, 5.74) is 5.92. The third kappa shape index (κ3) is 2.99. The highest BCUT2D eigenvalue weighted by atomic mass is 16.2. The molecule has 0 saturated carbocycles. The van der Waals surface area contributed by atoms with E-state index in [0.717, 1.165) is 45.4 Å². The van der Waals surface area contributed by atoms with E-state index in [1.54, 1.807) is 0 Å². The Hall–Kier alpha value is -0.610. The minimum atomic E-state index is 0.242. The number of carbonyl (C=O) groups excluding carboxylic acids is 1. The zero-order valence-electron chi connectivity index (χ0n) is 11.1. The monoisotopic (exact) mass is 239 g/mol. The Morgan fingerprint density at radius 1 is 1.24 bits per heavy atom. The minimum absolute atomic E-state index is 0.242. The van der Waals surface area contributed by atoms with Gasteiger partial charge in [-0.25, -0.2) is 0 Å². The maximum Gasteiger partial charge on any atom is 0.227 e. The van der Waals surface area contributed by atoms with Crippen molar-refractivity contribution >= 4 is 5.91 Å². The molecule has 0 radical (unpaired) electrons. The zero-order valence-corrected chi connectivity index (χ0v) is 11.1. The normalized spacial score (nSPS) is 29.6. The molecule has 2 rings (SSSR count). The minimum Gasteiger partial charge on any atom is -0.342 e. The molecule has 0 aromatic carbocycles. The second-order valence-corrected chi connectivity index (χ2v) is 5.77. The molecule has 4 nitrogen and oxygen atoms in total. The van der Waals surface area contributed by atoms with Gasteiger partial charge in [-0.1, -0.05) is 0 Å². The average Bonchev–Trinajstić information content (AvgIpc) is 2.75. The highest BCUT2D eigenvalue weighted by Crippen LogP contribution is 2.23. The van der Waals surface area contributed by atoms with Gasteiger partial charge in [0.05, 0.1) is 5.92 Å². The van der Waals surface area contributed by atoms with Crippen LogP contribution in [0.3, 0.4) is 0 Å². The Bertz CT molecular complexity index is 272. The van der Waals surface area contributed by atoms with Crippen molar-refractivity contribution in [3.8, 4) is 0 Å². The topological polar surface area (TPSA) is 49.6 Å². The van der Waals surface area contributed by atoms with Gasteiger partial charge in [0.2, 0.25) is 5.91 Å². The van der Waals surface area contributed by atoms with E-state index >= 15 is 0 Å². The lowest BCUT2D eigenvalue weighted by Gasteiger charge is -2.35. The number of rotatable bonds is 2. The quantitative estimate of drug-likeness (QED) is 0.764. The van der Waals surface area contributed by atoms with Crippen molar-refractivity contribution in [2.24, 2.45) is 17.6 Å². The van der Waals surface area contributed by atoms with Gasteiger partial charge < -0.3 is 15.5 Å². The number of hydrogen-bond acceptors (Lipinski definition) is 3. The summed E-state index contributed by atoms with van der Waals surface area (Å²) in [7, 11) is 2.09. The van der Waals surface area contributed by atoms with Crippen LogP contribution in [0.2, 0.25) is 0 Å². The van der Waals surface area contributed by atoms with Gasteiger partial charge in [0.25, 0.3) is 0 Å². The van der Waals surface area contributed by atoms with Crippen LogP contribution in [0, 0.1) is 11.8 Å². The first kappa shape index (κ1) is 12.8. The molecule has 17 heavy (non-hydrogen) atoms. The number of piperidine rings is 1. The zero-order chi connectivity index (χ0) is 12.4. The Balaban J connectivity index is 1.82.